The maximum absolute atomic E-state index is 13.4. The first kappa shape index (κ1) is 12.4. The summed E-state index contributed by atoms with van der Waals surface area (Å²) in [5, 5.41) is 11.2. The molecular formula is C13H9FN2OS. The first-order valence-corrected chi connectivity index (χ1v) is 6.03. The molecular weight excluding hydrogens is 251 g/mol. The molecule has 0 fully saturated rings. The second kappa shape index (κ2) is 5.52. The molecule has 0 saturated heterocycles. The highest BCUT2D eigenvalue weighted by Gasteiger charge is 2.12. The van der Waals surface area contributed by atoms with E-state index in [-0.39, 0.29) is 17.9 Å². The fourth-order valence-corrected chi connectivity index (χ4v) is 2.08. The molecule has 0 aliphatic rings. The predicted molar refractivity (Wildman–Crippen MR) is 66.6 cm³/mol. The van der Waals surface area contributed by atoms with Gasteiger partial charge in [0.05, 0.1) is 17.1 Å². The Labute approximate surface area is 108 Å². The van der Waals surface area contributed by atoms with Crippen LogP contribution >= 0.6 is 11.8 Å². The van der Waals surface area contributed by atoms with E-state index in [1.807, 2.05) is 5.40 Å². The van der Waals surface area contributed by atoms with Crippen LogP contribution in [0.25, 0.3) is 0 Å². The number of carbonyl (C=O) groups is 1. The first-order valence-electron chi connectivity index (χ1n) is 5.21. The quantitative estimate of drug-likeness (QED) is 0.482. The van der Waals surface area contributed by atoms with Crippen molar-refractivity contribution in [3.8, 4) is 5.40 Å². The molecule has 0 aliphatic heterocycles. The van der Waals surface area contributed by atoms with Crippen molar-refractivity contribution in [2.24, 2.45) is 0 Å². The number of Topliss-reactive ketones (excluding diaryl/α,β-unsaturated/α-hetero) is 1. The number of hydrogen-bond donors (Lipinski definition) is 0. The average molecular weight is 260 g/mol. The lowest BCUT2D eigenvalue weighted by Gasteiger charge is -2.06. The van der Waals surface area contributed by atoms with Crippen molar-refractivity contribution in [1.29, 1.82) is 5.26 Å². The molecule has 90 valence electrons. The van der Waals surface area contributed by atoms with E-state index < -0.39 is 5.82 Å². The molecule has 2 aromatic rings. The summed E-state index contributed by atoms with van der Waals surface area (Å²) in [4.78, 5) is 11.9. The molecule has 0 bridgehead atoms. The number of thioether (sulfide) groups is 1. The average Bonchev–Trinajstić information content (AvgIpc) is 2.78. The first-order chi connectivity index (χ1) is 8.72. The second-order valence-electron chi connectivity index (χ2n) is 3.57. The number of hydrogen-bond acceptors (Lipinski definition) is 3. The minimum Gasteiger partial charge on any atom is -0.334 e. The van der Waals surface area contributed by atoms with E-state index in [0.29, 0.717) is 5.03 Å². The molecule has 2 rings (SSSR count). The second-order valence-corrected chi connectivity index (χ2v) is 4.38. The van der Waals surface area contributed by atoms with Crippen molar-refractivity contribution < 1.29 is 9.18 Å². The minimum atomic E-state index is -0.524. The third kappa shape index (κ3) is 2.60. The predicted octanol–water partition coefficient (Wildman–Crippen LogP) is 3.08. The van der Waals surface area contributed by atoms with Crippen LogP contribution in [-0.4, -0.2) is 10.4 Å². The smallest absolute Gasteiger partial charge is 0.185 e. The Morgan fingerprint density at radius 2 is 2.11 bits per heavy atom. The molecule has 1 aromatic carbocycles. The number of halogens is 1. The molecule has 18 heavy (non-hydrogen) atoms. The maximum Gasteiger partial charge on any atom is 0.185 e. The number of benzene rings is 1. The van der Waals surface area contributed by atoms with Gasteiger partial charge in [0.25, 0.3) is 0 Å². The normalized spacial score (nSPS) is 10.0. The highest BCUT2D eigenvalue weighted by molar-refractivity contribution is 8.03. The third-order valence-electron chi connectivity index (χ3n) is 2.43. The van der Waals surface area contributed by atoms with Crippen LogP contribution in [0, 0.1) is 16.5 Å². The number of nitrogens with zero attached hydrogens (tertiary/aromatic N) is 2. The Hall–Kier alpha value is -2.06. The molecule has 5 heteroatoms. The van der Waals surface area contributed by atoms with E-state index in [1.165, 1.54) is 12.1 Å². The van der Waals surface area contributed by atoms with Gasteiger partial charge in [0.15, 0.2) is 5.78 Å². The lowest BCUT2D eigenvalue weighted by Crippen LogP contribution is -2.11. The van der Waals surface area contributed by atoms with Crippen molar-refractivity contribution in [2.45, 2.75) is 11.6 Å². The fraction of sp³-hybridized carbons (Fsp3) is 0.0769. The standard InChI is InChI=1S/C13H9FN2OS/c14-11-5-2-1-4-10(11)12(17)8-16-7-3-6-13(16)18-9-15/h1-7H,8H2. The van der Waals surface area contributed by atoms with Gasteiger partial charge in [-0.05, 0) is 24.3 Å². The van der Waals surface area contributed by atoms with E-state index in [0.717, 1.165) is 11.8 Å². The fourth-order valence-electron chi connectivity index (χ4n) is 1.60. The largest absolute Gasteiger partial charge is 0.334 e. The monoisotopic (exact) mass is 260 g/mol. The van der Waals surface area contributed by atoms with E-state index in [2.05, 4.69) is 0 Å². The zero-order chi connectivity index (χ0) is 13.0. The zero-order valence-electron chi connectivity index (χ0n) is 9.34. The molecule has 1 heterocycles. The van der Waals surface area contributed by atoms with Gasteiger partial charge in [0, 0.05) is 18.0 Å². The van der Waals surface area contributed by atoms with Gasteiger partial charge < -0.3 is 4.57 Å². The van der Waals surface area contributed by atoms with Crippen molar-refractivity contribution in [3.05, 3.63) is 54.0 Å². The van der Waals surface area contributed by atoms with Crippen LogP contribution in [-0.2, 0) is 6.54 Å². The summed E-state index contributed by atoms with van der Waals surface area (Å²) in [6, 6.07) is 9.36. The van der Waals surface area contributed by atoms with E-state index in [4.69, 9.17) is 5.26 Å². The van der Waals surface area contributed by atoms with Gasteiger partial charge in [-0.1, -0.05) is 12.1 Å². The van der Waals surface area contributed by atoms with Crippen LogP contribution in [0.4, 0.5) is 4.39 Å². The molecule has 0 unspecified atom stereocenters. The number of ketones is 1. The third-order valence-corrected chi connectivity index (χ3v) is 3.10. The molecule has 0 N–H and O–H groups in total. The minimum absolute atomic E-state index is 0.0257. The van der Waals surface area contributed by atoms with Crippen molar-refractivity contribution in [3.63, 3.8) is 0 Å². The Kier molecular flexibility index (Phi) is 3.80. The highest BCUT2D eigenvalue weighted by Crippen LogP contribution is 2.18. The number of aromatic nitrogens is 1. The molecule has 0 atom stereocenters. The Balaban J connectivity index is 2.20. The van der Waals surface area contributed by atoms with Crippen LogP contribution in [0.2, 0.25) is 0 Å². The van der Waals surface area contributed by atoms with E-state index >= 15 is 0 Å². The van der Waals surface area contributed by atoms with Crippen molar-refractivity contribution in [2.75, 3.05) is 0 Å². The summed E-state index contributed by atoms with van der Waals surface area (Å²) in [5.41, 5.74) is 0.0686. The molecule has 0 spiro atoms. The van der Waals surface area contributed by atoms with Gasteiger partial charge >= 0.3 is 0 Å². The summed E-state index contributed by atoms with van der Waals surface area (Å²) in [5.74, 6) is -0.840. The maximum atomic E-state index is 13.4. The number of thiocyanates is 1. The van der Waals surface area contributed by atoms with Gasteiger partial charge in [-0.2, -0.15) is 5.26 Å². The summed E-state index contributed by atoms with van der Waals surface area (Å²) in [6.07, 6.45) is 1.69. The highest BCUT2D eigenvalue weighted by atomic mass is 32.2. The van der Waals surface area contributed by atoms with Gasteiger partial charge in [-0.25, -0.2) is 4.39 Å². The van der Waals surface area contributed by atoms with Crippen LogP contribution in [0.1, 0.15) is 10.4 Å². The van der Waals surface area contributed by atoms with Gasteiger partial charge in [0.2, 0.25) is 0 Å². The lowest BCUT2D eigenvalue weighted by molar-refractivity contribution is 0.0965. The summed E-state index contributed by atoms with van der Waals surface area (Å²) in [6.45, 7) is 0.0257. The Morgan fingerprint density at radius 3 is 2.83 bits per heavy atom. The van der Waals surface area contributed by atoms with E-state index in [9.17, 15) is 9.18 Å². The molecule has 0 saturated carbocycles. The van der Waals surface area contributed by atoms with Gasteiger partial charge in [-0.15, -0.1) is 0 Å². The van der Waals surface area contributed by atoms with E-state index in [1.54, 1.807) is 35.0 Å². The summed E-state index contributed by atoms with van der Waals surface area (Å²) < 4.78 is 15.1. The topological polar surface area (TPSA) is 45.8 Å². The molecule has 0 aliphatic carbocycles. The molecule has 0 amide bonds. The van der Waals surface area contributed by atoms with Crippen LogP contribution < -0.4 is 0 Å². The molecule has 0 radical (unpaired) electrons. The molecule has 1 aromatic heterocycles. The zero-order valence-corrected chi connectivity index (χ0v) is 10.2. The van der Waals surface area contributed by atoms with Crippen LogP contribution in [0.3, 0.4) is 0 Å². The van der Waals surface area contributed by atoms with Gasteiger partial charge in [-0.3, -0.25) is 4.79 Å². The summed E-state index contributed by atoms with van der Waals surface area (Å²) >= 11 is 0.972. The number of rotatable bonds is 4. The Bertz CT molecular complexity index is 615. The van der Waals surface area contributed by atoms with Gasteiger partial charge in [0.1, 0.15) is 11.2 Å². The SMILES string of the molecule is N#CSc1cccn1CC(=O)c1ccccc1F. The van der Waals surface area contributed by atoms with Crippen LogP contribution in [0.5, 0.6) is 0 Å². The summed E-state index contributed by atoms with van der Waals surface area (Å²) in [7, 11) is 0. The molecule has 3 nitrogen and oxygen atoms in total. The Morgan fingerprint density at radius 1 is 1.33 bits per heavy atom. The van der Waals surface area contributed by atoms with Crippen molar-refractivity contribution >= 4 is 17.5 Å². The van der Waals surface area contributed by atoms with Crippen LogP contribution in [0.15, 0.2) is 47.6 Å². The number of nitriles is 1. The van der Waals surface area contributed by atoms with Crippen molar-refractivity contribution in [1.82, 2.24) is 4.57 Å². The lowest BCUT2D eigenvalue weighted by atomic mass is 10.1. The number of carbonyl (C=O) groups excluding carboxylic acids is 1.